The highest BCUT2D eigenvalue weighted by Crippen LogP contribution is 2.25. The van der Waals surface area contributed by atoms with Crippen LogP contribution in [0.5, 0.6) is 0 Å². The van der Waals surface area contributed by atoms with Crippen molar-refractivity contribution >= 4 is 27.1 Å². The molecule has 20 heavy (non-hydrogen) atoms. The summed E-state index contributed by atoms with van der Waals surface area (Å²) in [4.78, 5) is 0.175. The first-order valence-corrected chi connectivity index (χ1v) is 8.12. The fourth-order valence-electron chi connectivity index (χ4n) is 1.85. The number of sulfone groups is 1. The van der Waals surface area contributed by atoms with Gasteiger partial charge in [-0.3, -0.25) is 0 Å². The zero-order chi connectivity index (χ0) is 14.8. The molecule has 6 heteroatoms. The van der Waals surface area contributed by atoms with E-state index in [0.717, 1.165) is 6.26 Å². The molecule has 2 rings (SSSR count). The molecule has 1 N–H and O–H groups in total. The van der Waals surface area contributed by atoms with Crippen molar-refractivity contribution in [1.29, 1.82) is 0 Å². The number of anilines is 1. The van der Waals surface area contributed by atoms with Crippen LogP contribution in [0.1, 0.15) is 5.56 Å². The third-order valence-corrected chi connectivity index (χ3v) is 4.30. The van der Waals surface area contributed by atoms with Gasteiger partial charge in [-0.15, -0.1) is 0 Å². The lowest BCUT2D eigenvalue weighted by molar-refractivity contribution is 0.601. The summed E-state index contributed by atoms with van der Waals surface area (Å²) in [5.74, 6) is -0.363. The van der Waals surface area contributed by atoms with E-state index in [2.05, 4.69) is 5.32 Å². The average molecular weight is 314 g/mol. The van der Waals surface area contributed by atoms with Gasteiger partial charge in [0, 0.05) is 29.1 Å². The van der Waals surface area contributed by atoms with Crippen LogP contribution in [-0.4, -0.2) is 14.7 Å². The summed E-state index contributed by atoms with van der Waals surface area (Å²) in [5, 5.41) is 3.32. The maximum Gasteiger partial charge on any atom is 0.175 e. The SMILES string of the molecule is CS(=O)(=O)c1cccc(Cl)c1CNc1cccc(F)c1. The zero-order valence-electron chi connectivity index (χ0n) is 10.7. The Morgan fingerprint density at radius 3 is 2.55 bits per heavy atom. The molecule has 0 aliphatic heterocycles. The minimum Gasteiger partial charge on any atom is -0.381 e. The van der Waals surface area contributed by atoms with E-state index in [1.165, 1.54) is 18.2 Å². The van der Waals surface area contributed by atoms with Crippen LogP contribution in [0.2, 0.25) is 5.02 Å². The van der Waals surface area contributed by atoms with E-state index in [4.69, 9.17) is 11.6 Å². The van der Waals surface area contributed by atoms with E-state index in [-0.39, 0.29) is 17.3 Å². The predicted molar refractivity (Wildman–Crippen MR) is 78.3 cm³/mol. The standard InChI is InChI=1S/C14H13ClFNO2S/c1-20(18,19)14-7-3-6-13(15)12(14)9-17-11-5-2-4-10(16)8-11/h2-8,17H,9H2,1H3. The van der Waals surface area contributed by atoms with Crippen molar-refractivity contribution in [3.05, 3.63) is 58.9 Å². The summed E-state index contributed by atoms with van der Waals surface area (Å²) < 4.78 is 36.5. The Labute approximate surface area is 122 Å². The minimum absolute atomic E-state index is 0.175. The Balaban J connectivity index is 2.30. The fraction of sp³-hybridized carbons (Fsp3) is 0.143. The van der Waals surface area contributed by atoms with Gasteiger partial charge in [-0.1, -0.05) is 23.7 Å². The molecule has 0 heterocycles. The molecule has 2 aromatic rings. The highest BCUT2D eigenvalue weighted by molar-refractivity contribution is 7.90. The van der Waals surface area contributed by atoms with Gasteiger partial charge in [-0.25, -0.2) is 12.8 Å². The highest BCUT2D eigenvalue weighted by Gasteiger charge is 2.15. The number of rotatable bonds is 4. The lowest BCUT2D eigenvalue weighted by Crippen LogP contribution is -2.08. The van der Waals surface area contributed by atoms with Gasteiger partial charge in [0.2, 0.25) is 0 Å². The Morgan fingerprint density at radius 1 is 1.20 bits per heavy atom. The summed E-state index contributed by atoms with van der Waals surface area (Å²) in [7, 11) is -3.37. The van der Waals surface area contributed by atoms with Crippen LogP contribution < -0.4 is 5.32 Å². The van der Waals surface area contributed by atoms with E-state index in [9.17, 15) is 12.8 Å². The number of nitrogens with one attached hydrogen (secondary N) is 1. The Morgan fingerprint density at radius 2 is 1.90 bits per heavy atom. The molecule has 0 aliphatic rings. The average Bonchev–Trinajstić information content (AvgIpc) is 2.36. The van der Waals surface area contributed by atoms with Gasteiger partial charge in [0.25, 0.3) is 0 Å². The molecular weight excluding hydrogens is 301 g/mol. The summed E-state index contributed by atoms with van der Waals surface area (Å²) in [6, 6.07) is 10.6. The number of benzene rings is 2. The second kappa shape index (κ2) is 5.81. The second-order valence-corrected chi connectivity index (χ2v) is 6.74. The van der Waals surface area contributed by atoms with E-state index < -0.39 is 9.84 Å². The van der Waals surface area contributed by atoms with E-state index in [1.807, 2.05) is 0 Å². The lowest BCUT2D eigenvalue weighted by atomic mass is 10.2. The molecule has 0 radical (unpaired) electrons. The van der Waals surface area contributed by atoms with Crippen LogP contribution in [-0.2, 0) is 16.4 Å². The molecular formula is C14H13ClFNO2S. The molecule has 0 fully saturated rings. The Hall–Kier alpha value is -1.59. The van der Waals surface area contributed by atoms with Crippen molar-refractivity contribution in [3.8, 4) is 0 Å². The maximum atomic E-state index is 13.1. The quantitative estimate of drug-likeness (QED) is 0.939. The van der Waals surface area contributed by atoms with Crippen molar-refractivity contribution in [1.82, 2.24) is 0 Å². The Kier molecular flexibility index (Phi) is 4.30. The first-order valence-electron chi connectivity index (χ1n) is 5.85. The molecule has 0 amide bonds. The van der Waals surface area contributed by atoms with Crippen LogP contribution in [0.3, 0.4) is 0 Å². The fourth-order valence-corrected chi connectivity index (χ4v) is 3.10. The van der Waals surface area contributed by atoms with Crippen LogP contribution in [0.4, 0.5) is 10.1 Å². The van der Waals surface area contributed by atoms with Crippen molar-refractivity contribution in [2.45, 2.75) is 11.4 Å². The minimum atomic E-state index is -3.37. The van der Waals surface area contributed by atoms with Crippen molar-refractivity contribution in [2.75, 3.05) is 11.6 Å². The van der Waals surface area contributed by atoms with Gasteiger partial charge < -0.3 is 5.32 Å². The van der Waals surface area contributed by atoms with Gasteiger partial charge >= 0.3 is 0 Å². The van der Waals surface area contributed by atoms with Gasteiger partial charge in [0.05, 0.1) is 4.90 Å². The molecule has 0 aliphatic carbocycles. The molecule has 3 nitrogen and oxygen atoms in total. The molecule has 0 bridgehead atoms. The summed E-state index contributed by atoms with van der Waals surface area (Å²) >= 11 is 6.05. The maximum absolute atomic E-state index is 13.1. The molecule has 106 valence electrons. The first kappa shape index (κ1) is 14.8. The van der Waals surface area contributed by atoms with E-state index in [1.54, 1.807) is 24.3 Å². The van der Waals surface area contributed by atoms with Gasteiger partial charge in [0.15, 0.2) is 9.84 Å². The van der Waals surface area contributed by atoms with Crippen molar-refractivity contribution < 1.29 is 12.8 Å². The van der Waals surface area contributed by atoms with Crippen LogP contribution in [0.15, 0.2) is 47.4 Å². The summed E-state index contributed by atoms with van der Waals surface area (Å²) in [6.07, 6.45) is 1.13. The van der Waals surface area contributed by atoms with Gasteiger partial charge in [0.1, 0.15) is 5.82 Å². The highest BCUT2D eigenvalue weighted by atomic mass is 35.5. The smallest absolute Gasteiger partial charge is 0.175 e. The summed E-state index contributed by atoms with van der Waals surface area (Å²) in [5.41, 5.74) is 1.03. The molecule has 0 spiro atoms. The normalized spacial score (nSPS) is 11.3. The topological polar surface area (TPSA) is 46.2 Å². The molecule has 0 aromatic heterocycles. The molecule has 0 unspecified atom stereocenters. The molecule has 0 saturated carbocycles. The third-order valence-electron chi connectivity index (χ3n) is 2.77. The van der Waals surface area contributed by atoms with Gasteiger partial charge in [-0.2, -0.15) is 0 Å². The van der Waals surface area contributed by atoms with Crippen LogP contribution in [0, 0.1) is 5.82 Å². The lowest BCUT2D eigenvalue weighted by Gasteiger charge is -2.12. The predicted octanol–water partition coefficient (Wildman–Crippen LogP) is 3.49. The van der Waals surface area contributed by atoms with Gasteiger partial charge in [-0.05, 0) is 30.3 Å². The van der Waals surface area contributed by atoms with E-state index in [0.29, 0.717) is 16.3 Å². The third kappa shape index (κ3) is 3.49. The monoisotopic (exact) mass is 313 g/mol. The number of halogens is 2. The first-order chi connectivity index (χ1) is 9.38. The molecule has 0 saturated heterocycles. The second-order valence-electron chi connectivity index (χ2n) is 4.35. The number of hydrogen-bond acceptors (Lipinski definition) is 3. The van der Waals surface area contributed by atoms with Crippen molar-refractivity contribution in [3.63, 3.8) is 0 Å². The Bertz CT molecular complexity index is 732. The van der Waals surface area contributed by atoms with E-state index >= 15 is 0 Å². The van der Waals surface area contributed by atoms with Crippen molar-refractivity contribution in [2.24, 2.45) is 0 Å². The number of hydrogen-bond donors (Lipinski definition) is 1. The van der Waals surface area contributed by atoms with Crippen LogP contribution >= 0.6 is 11.6 Å². The van der Waals surface area contributed by atoms with Crippen LogP contribution in [0.25, 0.3) is 0 Å². The molecule has 0 atom stereocenters. The zero-order valence-corrected chi connectivity index (χ0v) is 12.3. The summed E-state index contributed by atoms with van der Waals surface area (Å²) in [6.45, 7) is 0.200. The largest absolute Gasteiger partial charge is 0.381 e. The molecule has 2 aromatic carbocycles.